The van der Waals surface area contributed by atoms with E-state index in [0.717, 1.165) is 37.0 Å². The maximum Gasteiger partial charge on any atom is 0.233 e. The Hall–Kier alpha value is -2.37. The van der Waals surface area contributed by atoms with Gasteiger partial charge in [-0.25, -0.2) is 0 Å². The van der Waals surface area contributed by atoms with Crippen LogP contribution in [0.15, 0.2) is 24.3 Å². The number of methoxy groups -OCH3 is 1. The van der Waals surface area contributed by atoms with Crippen LogP contribution in [0.5, 0.6) is 5.75 Å². The van der Waals surface area contributed by atoms with E-state index in [1.54, 1.807) is 7.11 Å². The van der Waals surface area contributed by atoms with Crippen LogP contribution in [0.1, 0.15) is 50.6 Å². The molecule has 1 heterocycles. The van der Waals surface area contributed by atoms with Gasteiger partial charge >= 0.3 is 0 Å². The molecule has 5 atom stereocenters. The van der Waals surface area contributed by atoms with Crippen LogP contribution >= 0.6 is 0 Å². The molecule has 1 aromatic rings. The molecule has 4 rings (SSSR count). The Labute approximate surface area is 165 Å². The quantitative estimate of drug-likeness (QED) is 0.734. The van der Waals surface area contributed by atoms with Crippen molar-refractivity contribution in [1.29, 1.82) is 0 Å². The van der Waals surface area contributed by atoms with Crippen molar-refractivity contribution in [1.82, 2.24) is 10.2 Å². The third-order valence-electron chi connectivity index (χ3n) is 6.84. The van der Waals surface area contributed by atoms with E-state index < -0.39 is 0 Å². The van der Waals surface area contributed by atoms with Crippen LogP contribution < -0.4 is 10.1 Å². The van der Waals surface area contributed by atoms with Gasteiger partial charge in [0, 0.05) is 13.0 Å². The molecule has 6 nitrogen and oxygen atoms in total. The lowest BCUT2D eigenvalue weighted by Gasteiger charge is -2.20. The fraction of sp³-hybridized carbons (Fsp3) is 0.591. The number of fused-ring (bicyclic) bond motifs is 5. The smallest absolute Gasteiger partial charge is 0.233 e. The van der Waals surface area contributed by atoms with Gasteiger partial charge in [-0.15, -0.1) is 0 Å². The summed E-state index contributed by atoms with van der Waals surface area (Å²) in [6.45, 7) is 2.20. The first-order valence-electron chi connectivity index (χ1n) is 10.3. The summed E-state index contributed by atoms with van der Waals surface area (Å²) in [6.07, 6.45) is 4.08. The molecule has 6 heteroatoms. The predicted molar refractivity (Wildman–Crippen MR) is 103 cm³/mol. The molecule has 2 saturated carbocycles. The molecule has 3 fully saturated rings. The van der Waals surface area contributed by atoms with Gasteiger partial charge in [-0.2, -0.15) is 0 Å². The Morgan fingerprint density at radius 1 is 1.14 bits per heavy atom. The van der Waals surface area contributed by atoms with Crippen LogP contribution in [0, 0.1) is 23.7 Å². The molecule has 2 aliphatic carbocycles. The van der Waals surface area contributed by atoms with Gasteiger partial charge in [-0.05, 0) is 55.2 Å². The summed E-state index contributed by atoms with van der Waals surface area (Å²) in [5.74, 6) is 1.08. The zero-order valence-electron chi connectivity index (χ0n) is 16.5. The number of carbonyl (C=O) groups excluding carboxylic acids is 3. The van der Waals surface area contributed by atoms with E-state index in [1.807, 2.05) is 31.2 Å². The third-order valence-corrected chi connectivity index (χ3v) is 6.84. The summed E-state index contributed by atoms with van der Waals surface area (Å²) < 4.78 is 5.17. The Kier molecular flexibility index (Phi) is 5.13. The summed E-state index contributed by atoms with van der Waals surface area (Å²) in [4.78, 5) is 39.3. The number of ether oxygens (including phenoxy) is 1. The fourth-order valence-electron chi connectivity index (χ4n) is 5.43. The van der Waals surface area contributed by atoms with Crippen LogP contribution in [-0.4, -0.2) is 36.3 Å². The van der Waals surface area contributed by atoms with Crippen LogP contribution in [0.2, 0.25) is 0 Å². The number of carbonyl (C=O) groups is 3. The van der Waals surface area contributed by atoms with Crippen molar-refractivity contribution in [3.8, 4) is 5.75 Å². The minimum Gasteiger partial charge on any atom is -0.497 e. The lowest BCUT2D eigenvalue weighted by molar-refractivity contribution is -0.141. The lowest BCUT2D eigenvalue weighted by atomic mass is 9.81. The largest absolute Gasteiger partial charge is 0.497 e. The molecule has 0 radical (unpaired) electrons. The van der Waals surface area contributed by atoms with Gasteiger partial charge in [0.1, 0.15) is 5.75 Å². The highest BCUT2D eigenvalue weighted by Crippen LogP contribution is 2.56. The van der Waals surface area contributed by atoms with Crippen molar-refractivity contribution in [3.63, 3.8) is 0 Å². The molecule has 0 aromatic heterocycles. The van der Waals surface area contributed by atoms with Crippen LogP contribution in [0.25, 0.3) is 0 Å². The number of nitrogens with zero attached hydrogens (tertiary/aromatic N) is 1. The van der Waals surface area contributed by atoms with E-state index in [4.69, 9.17) is 4.74 Å². The first kappa shape index (κ1) is 19.0. The van der Waals surface area contributed by atoms with E-state index in [2.05, 4.69) is 5.32 Å². The molecule has 3 aliphatic rings. The molecule has 0 unspecified atom stereocenters. The number of nitrogens with one attached hydrogen (secondary N) is 1. The average Bonchev–Trinajstić information content (AvgIpc) is 3.39. The van der Waals surface area contributed by atoms with Gasteiger partial charge in [0.2, 0.25) is 17.7 Å². The second-order valence-corrected chi connectivity index (χ2v) is 8.26. The normalized spacial score (nSPS) is 29.1. The number of rotatable bonds is 7. The first-order chi connectivity index (χ1) is 13.5. The van der Waals surface area contributed by atoms with E-state index >= 15 is 0 Å². The zero-order valence-corrected chi connectivity index (χ0v) is 16.5. The van der Waals surface area contributed by atoms with Crippen LogP contribution in [0.3, 0.4) is 0 Å². The summed E-state index contributed by atoms with van der Waals surface area (Å²) in [5, 5.41) is 3.03. The molecule has 1 saturated heterocycles. The summed E-state index contributed by atoms with van der Waals surface area (Å²) in [5.41, 5.74) is 1.01. The van der Waals surface area contributed by atoms with Crippen molar-refractivity contribution in [2.45, 2.75) is 45.1 Å². The number of benzene rings is 1. The van der Waals surface area contributed by atoms with Crippen LogP contribution in [0.4, 0.5) is 0 Å². The van der Waals surface area contributed by atoms with Crippen molar-refractivity contribution < 1.29 is 19.1 Å². The average molecular weight is 384 g/mol. The molecule has 2 bridgehead atoms. The summed E-state index contributed by atoms with van der Waals surface area (Å²) in [7, 11) is 1.62. The predicted octanol–water partition coefficient (Wildman–Crippen LogP) is 2.68. The second kappa shape index (κ2) is 7.57. The van der Waals surface area contributed by atoms with Crippen molar-refractivity contribution >= 4 is 17.7 Å². The highest BCUT2D eigenvalue weighted by Gasteiger charge is 2.60. The molecule has 150 valence electrons. The Bertz CT molecular complexity index is 747. The van der Waals surface area contributed by atoms with E-state index in [9.17, 15) is 14.4 Å². The minimum atomic E-state index is -0.136. The van der Waals surface area contributed by atoms with Gasteiger partial charge in [0.15, 0.2) is 0 Å². The monoisotopic (exact) mass is 384 g/mol. The van der Waals surface area contributed by atoms with Gasteiger partial charge in [-0.3, -0.25) is 19.3 Å². The van der Waals surface area contributed by atoms with Crippen molar-refractivity contribution in [3.05, 3.63) is 29.8 Å². The highest BCUT2D eigenvalue weighted by molar-refractivity contribution is 6.06. The molecular formula is C22H28N2O4. The Balaban J connectivity index is 1.34. The van der Waals surface area contributed by atoms with Gasteiger partial charge < -0.3 is 10.1 Å². The van der Waals surface area contributed by atoms with Gasteiger partial charge in [0.25, 0.3) is 0 Å². The molecule has 1 N–H and O–H groups in total. The lowest BCUT2D eigenvalue weighted by Crippen LogP contribution is -2.37. The van der Waals surface area contributed by atoms with Crippen LogP contribution in [-0.2, 0) is 14.4 Å². The Morgan fingerprint density at radius 3 is 2.29 bits per heavy atom. The topological polar surface area (TPSA) is 75.7 Å². The number of imide groups is 1. The second-order valence-electron chi connectivity index (χ2n) is 8.26. The van der Waals surface area contributed by atoms with E-state index in [0.29, 0.717) is 11.8 Å². The molecular weight excluding hydrogens is 356 g/mol. The Morgan fingerprint density at radius 2 is 1.75 bits per heavy atom. The number of hydrogen-bond donors (Lipinski definition) is 1. The van der Waals surface area contributed by atoms with Crippen molar-refractivity contribution in [2.75, 3.05) is 13.7 Å². The minimum absolute atomic E-state index is 0.0443. The third kappa shape index (κ3) is 3.19. The summed E-state index contributed by atoms with van der Waals surface area (Å²) in [6, 6.07) is 7.53. The highest BCUT2D eigenvalue weighted by atomic mass is 16.5. The molecule has 1 aromatic carbocycles. The van der Waals surface area contributed by atoms with E-state index in [-0.39, 0.29) is 48.6 Å². The standard InChI is InChI=1S/C22H28N2O4/c1-3-17(13-6-8-16(28-2)9-7-13)23-18(25)10-11-24-21(26)19-14-4-5-15(12-14)20(19)22(24)27/h6-9,14-15,17,19-20H,3-5,10-12H2,1-2H3,(H,23,25)/t14-,15-,17+,19-,20+/m0/s1. The van der Waals surface area contributed by atoms with E-state index in [1.165, 1.54) is 4.90 Å². The number of hydrogen-bond acceptors (Lipinski definition) is 4. The number of likely N-dealkylation sites (tertiary alicyclic amines) is 1. The molecule has 28 heavy (non-hydrogen) atoms. The molecule has 3 amide bonds. The zero-order chi connectivity index (χ0) is 19.8. The number of amides is 3. The van der Waals surface area contributed by atoms with Gasteiger partial charge in [-0.1, -0.05) is 19.1 Å². The fourth-order valence-corrected chi connectivity index (χ4v) is 5.43. The maximum absolute atomic E-state index is 12.7. The molecule has 1 aliphatic heterocycles. The first-order valence-corrected chi connectivity index (χ1v) is 10.3. The molecule has 0 spiro atoms. The SMILES string of the molecule is CC[C@@H](NC(=O)CCN1C(=O)[C@@H]2[C@H]3CC[C@@H](C3)[C@@H]2C1=O)c1ccc(OC)cc1. The van der Waals surface area contributed by atoms with Crippen molar-refractivity contribution in [2.24, 2.45) is 23.7 Å². The maximum atomic E-state index is 12.7. The van der Waals surface area contributed by atoms with Gasteiger partial charge in [0.05, 0.1) is 25.0 Å². The summed E-state index contributed by atoms with van der Waals surface area (Å²) >= 11 is 0.